The Bertz CT molecular complexity index is 780. The third-order valence-corrected chi connectivity index (χ3v) is 5.78. The Morgan fingerprint density at radius 1 is 1.00 bits per heavy atom. The number of halogens is 1. The largest absolute Gasteiger partial charge is 0.290 e. The number of benzene rings is 2. The summed E-state index contributed by atoms with van der Waals surface area (Å²) in [5.74, 6) is -0.637. The number of rotatable bonds is 6. The number of aryl methyl sites for hydroxylation is 1. The van der Waals surface area contributed by atoms with E-state index in [1.807, 2.05) is 19.1 Å². The van der Waals surface area contributed by atoms with Gasteiger partial charge in [-0.1, -0.05) is 60.2 Å². The van der Waals surface area contributed by atoms with E-state index in [1.54, 1.807) is 63.2 Å². The van der Waals surface area contributed by atoms with E-state index in [1.165, 1.54) is 6.92 Å². The molecule has 0 spiro atoms. The van der Waals surface area contributed by atoms with Gasteiger partial charge in [-0.3, -0.25) is 4.79 Å². The molecular weight excluding hydrogens is 349 g/mol. The quantitative estimate of drug-likeness (QED) is 0.744. The average Bonchev–Trinajstić information content (AvgIpc) is 2.59. The maximum Gasteiger partial charge on any atom is 0.201 e. The summed E-state index contributed by atoms with van der Waals surface area (Å²) in [6.45, 7) is 8.59. The molecule has 0 saturated carbocycles. The molecule has 3 nitrogen and oxygen atoms in total. The van der Waals surface area contributed by atoms with Crippen molar-refractivity contribution in [3.8, 4) is 0 Å². The van der Waals surface area contributed by atoms with Crippen molar-refractivity contribution in [1.29, 1.82) is 0 Å². The Hall–Kier alpha value is -1.85. The summed E-state index contributed by atoms with van der Waals surface area (Å²) in [5.41, 5.74) is -0.364. The number of hydrogen-bond acceptors (Lipinski definition) is 2. The first-order valence-corrected chi connectivity index (χ1v) is 9.72. The lowest BCUT2D eigenvalue weighted by Crippen LogP contribution is -2.48. The number of alkyl halides is 1. The molecule has 5 heteroatoms. The van der Waals surface area contributed by atoms with Crippen LogP contribution in [0, 0.1) is 6.92 Å². The van der Waals surface area contributed by atoms with Gasteiger partial charge in [-0.15, -0.1) is 0 Å². The lowest BCUT2D eigenvalue weighted by atomic mass is 9.85. The van der Waals surface area contributed by atoms with Gasteiger partial charge in [0, 0.05) is 5.56 Å². The normalized spacial score (nSPS) is 16.5. The van der Waals surface area contributed by atoms with Gasteiger partial charge in [0.25, 0.3) is 0 Å². The summed E-state index contributed by atoms with van der Waals surface area (Å²) in [7, 11) is -1.53. The first-order valence-electron chi connectivity index (χ1n) is 8.57. The van der Waals surface area contributed by atoms with Gasteiger partial charge in [0.1, 0.15) is 0 Å². The second kappa shape index (κ2) is 7.80. The van der Waals surface area contributed by atoms with Crippen molar-refractivity contribution in [2.24, 2.45) is 0 Å². The second-order valence-corrected chi connectivity index (χ2v) is 9.61. The lowest BCUT2D eigenvalue weighted by Gasteiger charge is -2.32. The van der Waals surface area contributed by atoms with Gasteiger partial charge in [0.05, 0.1) is 21.8 Å². The molecule has 0 aliphatic carbocycles. The highest BCUT2D eigenvalue weighted by Gasteiger charge is 2.44. The van der Waals surface area contributed by atoms with Gasteiger partial charge >= 0.3 is 0 Å². The minimum absolute atomic E-state index is 0.290. The van der Waals surface area contributed by atoms with Crippen LogP contribution >= 0.6 is 0 Å². The van der Waals surface area contributed by atoms with Gasteiger partial charge in [-0.2, -0.15) is 0 Å². The van der Waals surface area contributed by atoms with E-state index < -0.39 is 33.2 Å². The fraction of sp³-hybridized carbons (Fsp3) is 0.381. The Labute approximate surface area is 157 Å². The minimum atomic E-state index is -2.27. The molecule has 0 aromatic heterocycles. The molecule has 0 fully saturated rings. The topological polar surface area (TPSA) is 46.2 Å². The van der Waals surface area contributed by atoms with Gasteiger partial charge in [0.2, 0.25) is 5.78 Å². The van der Waals surface area contributed by atoms with Gasteiger partial charge in [-0.25, -0.2) is 13.3 Å². The third-order valence-electron chi connectivity index (χ3n) is 4.21. The van der Waals surface area contributed by atoms with Crippen molar-refractivity contribution in [1.82, 2.24) is 4.72 Å². The standard InChI is InChI=1S/C21H26FNO2S/c1-15-11-13-16(14-12-15)18(23-26(25)20(2,3)4)21(5,22)19(24)17-9-7-6-8-10-17/h6-14,18,23H,1-5H3/t18-,21+,26?/m1/s1. The smallest absolute Gasteiger partial charge is 0.201 e. The van der Waals surface area contributed by atoms with E-state index in [0.29, 0.717) is 5.56 Å². The van der Waals surface area contributed by atoms with E-state index in [9.17, 15) is 9.00 Å². The average molecular weight is 376 g/mol. The molecule has 0 saturated heterocycles. The summed E-state index contributed by atoms with van der Waals surface area (Å²) in [5, 5.41) is 0. The van der Waals surface area contributed by atoms with Crippen molar-refractivity contribution >= 4 is 16.8 Å². The Morgan fingerprint density at radius 3 is 2.04 bits per heavy atom. The molecule has 2 aromatic rings. The second-order valence-electron chi connectivity index (χ2n) is 7.61. The Kier molecular flexibility index (Phi) is 6.14. The Balaban J connectivity index is 2.46. The van der Waals surface area contributed by atoms with Crippen LogP contribution in [-0.2, 0) is 11.0 Å². The van der Waals surface area contributed by atoms with Gasteiger partial charge in [0.15, 0.2) is 5.67 Å². The highest BCUT2D eigenvalue weighted by atomic mass is 32.2. The summed E-state index contributed by atoms with van der Waals surface area (Å²) in [4.78, 5) is 12.9. The number of carbonyl (C=O) groups excluding carboxylic acids is 1. The molecule has 140 valence electrons. The number of nitrogens with one attached hydrogen (secondary N) is 1. The van der Waals surface area contributed by atoms with Crippen molar-refractivity contribution in [3.63, 3.8) is 0 Å². The number of carbonyl (C=O) groups is 1. The van der Waals surface area contributed by atoms with Crippen LogP contribution in [0.1, 0.15) is 55.2 Å². The predicted molar refractivity (Wildman–Crippen MR) is 105 cm³/mol. The predicted octanol–water partition coefficient (Wildman–Crippen LogP) is 4.70. The molecular formula is C21H26FNO2S. The fourth-order valence-corrected chi connectivity index (χ4v) is 3.46. The monoisotopic (exact) mass is 375 g/mol. The highest BCUT2D eigenvalue weighted by molar-refractivity contribution is 7.84. The molecule has 26 heavy (non-hydrogen) atoms. The molecule has 2 rings (SSSR count). The molecule has 1 N–H and O–H groups in total. The van der Waals surface area contributed by atoms with Crippen LogP contribution < -0.4 is 4.72 Å². The maximum atomic E-state index is 15.8. The van der Waals surface area contributed by atoms with Crippen LogP contribution in [0.2, 0.25) is 0 Å². The van der Waals surface area contributed by atoms with Gasteiger partial charge in [-0.05, 0) is 40.2 Å². The summed E-state index contributed by atoms with van der Waals surface area (Å²) in [6, 6.07) is 14.6. The zero-order valence-electron chi connectivity index (χ0n) is 15.9. The van der Waals surface area contributed by atoms with Crippen LogP contribution in [0.15, 0.2) is 54.6 Å². The van der Waals surface area contributed by atoms with Crippen LogP contribution in [0.3, 0.4) is 0 Å². The zero-order valence-corrected chi connectivity index (χ0v) is 16.7. The molecule has 3 atom stereocenters. The van der Waals surface area contributed by atoms with Crippen LogP contribution in [0.5, 0.6) is 0 Å². The summed E-state index contributed by atoms with van der Waals surface area (Å²) < 4.78 is 30.7. The lowest BCUT2D eigenvalue weighted by molar-refractivity contribution is 0.0644. The van der Waals surface area contributed by atoms with Gasteiger partial charge < -0.3 is 0 Å². The molecule has 0 radical (unpaired) electrons. The molecule has 0 bridgehead atoms. The summed E-state index contributed by atoms with van der Waals surface area (Å²) >= 11 is 0. The van der Waals surface area contributed by atoms with Crippen molar-refractivity contribution in [3.05, 3.63) is 71.3 Å². The molecule has 2 aromatic carbocycles. The fourth-order valence-electron chi connectivity index (χ4n) is 2.54. The van der Waals surface area contributed by atoms with E-state index in [2.05, 4.69) is 4.72 Å². The van der Waals surface area contributed by atoms with E-state index in [-0.39, 0.29) is 5.56 Å². The van der Waals surface area contributed by atoms with E-state index >= 15 is 4.39 Å². The maximum absolute atomic E-state index is 15.8. The van der Waals surface area contributed by atoms with Crippen LogP contribution in [-0.4, -0.2) is 20.4 Å². The number of hydrogen-bond donors (Lipinski definition) is 1. The Morgan fingerprint density at radius 2 is 1.54 bits per heavy atom. The molecule has 0 aliphatic rings. The number of Topliss-reactive ketones (excluding diaryl/α,β-unsaturated/α-hetero) is 1. The molecule has 0 amide bonds. The van der Waals surface area contributed by atoms with Crippen LogP contribution in [0.25, 0.3) is 0 Å². The summed E-state index contributed by atoms with van der Waals surface area (Å²) in [6.07, 6.45) is 0. The third kappa shape index (κ3) is 4.65. The first kappa shape index (κ1) is 20.5. The number of ketones is 1. The van der Waals surface area contributed by atoms with Crippen molar-refractivity contribution in [2.45, 2.75) is 51.1 Å². The molecule has 0 heterocycles. The zero-order chi connectivity index (χ0) is 19.5. The molecule has 1 unspecified atom stereocenters. The first-order chi connectivity index (χ1) is 12.0. The van der Waals surface area contributed by atoms with Crippen molar-refractivity contribution in [2.75, 3.05) is 0 Å². The van der Waals surface area contributed by atoms with Crippen molar-refractivity contribution < 1.29 is 13.4 Å². The van der Waals surface area contributed by atoms with E-state index in [4.69, 9.17) is 0 Å². The van der Waals surface area contributed by atoms with Crippen LogP contribution in [0.4, 0.5) is 4.39 Å². The SMILES string of the molecule is Cc1ccc([C@@H](NS(=O)C(C)(C)C)[C@](C)(F)C(=O)c2ccccc2)cc1. The highest BCUT2D eigenvalue weighted by Crippen LogP contribution is 2.34. The minimum Gasteiger partial charge on any atom is -0.290 e. The molecule has 0 aliphatic heterocycles. The van der Waals surface area contributed by atoms with E-state index in [0.717, 1.165) is 5.56 Å².